The number of hydrogen-bond donors (Lipinski definition) is 1. The van der Waals surface area contributed by atoms with Gasteiger partial charge in [0.1, 0.15) is 12.1 Å². The number of imidazole rings is 1. The summed E-state index contributed by atoms with van der Waals surface area (Å²) in [6.45, 7) is 7.03. The minimum absolute atomic E-state index is 0.796. The Labute approximate surface area is 101 Å². The van der Waals surface area contributed by atoms with Crippen molar-refractivity contribution in [3.63, 3.8) is 0 Å². The molecule has 0 bridgehead atoms. The highest BCUT2D eigenvalue weighted by molar-refractivity contribution is 5.37. The van der Waals surface area contributed by atoms with Crippen LogP contribution < -0.4 is 5.32 Å². The van der Waals surface area contributed by atoms with E-state index in [9.17, 15) is 0 Å². The van der Waals surface area contributed by atoms with Gasteiger partial charge in [-0.2, -0.15) is 0 Å². The molecule has 0 radical (unpaired) electrons. The molecule has 0 fully saturated rings. The number of anilines is 1. The first kappa shape index (κ1) is 11.6. The lowest BCUT2D eigenvalue weighted by molar-refractivity contribution is 0.917. The van der Waals surface area contributed by atoms with E-state index in [0.717, 1.165) is 36.0 Å². The van der Waals surface area contributed by atoms with Crippen molar-refractivity contribution in [3.8, 4) is 5.82 Å². The van der Waals surface area contributed by atoms with E-state index in [1.807, 2.05) is 18.4 Å². The number of hydrogen-bond acceptors (Lipinski definition) is 4. The second-order valence-corrected chi connectivity index (χ2v) is 3.97. The summed E-state index contributed by atoms with van der Waals surface area (Å²) in [4.78, 5) is 13.0. The van der Waals surface area contributed by atoms with Gasteiger partial charge < -0.3 is 5.32 Å². The molecular weight excluding hydrogens is 214 g/mol. The van der Waals surface area contributed by atoms with Gasteiger partial charge in [0.25, 0.3) is 0 Å². The second-order valence-electron chi connectivity index (χ2n) is 3.97. The van der Waals surface area contributed by atoms with Crippen LogP contribution in [0.5, 0.6) is 0 Å². The maximum atomic E-state index is 4.50. The van der Waals surface area contributed by atoms with Crippen LogP contribution >= 0.6 is 0 Å². The van der Waals surface area contributed by atoms with Gasteiger partial charge in [0, 0.05) is 12.2 Å². The van der Waals surface area contributed by atoms with E-state index in [2.05, 4.69) is 27.2 Å². The van der Waals surface area contributed by atoms with E-state index in [1.54, 1.807) is 18.7 Å². The second kappa shape index (κ2) is 4.95. The average molecular weight is 231 g/mol. The summed E-state index contributed by atoms with van der Waals surface area (Å²) in [5, 5.41) is 3.22. The summed E-state index contributed by atoms with van der Waals surface area (Å²) in [6, 6.07) is 0. The van der Waals surface area contributed by atoms with Crippen LogP contribution in [0.1, 0.15) is 24.7 Å². The molecule has 0 aliphatic heterocycles. The third-order valence-corrected chi connectivity index (χ3v) is 2.68. The van der Waals surface area contributed by atoms with E-state index in [1.165, 1.54) is 0 Å². The highest BCUT2D eigenvalue weighted by atomic mass is 15.2. The summed E-state index contributed by atoms with van der Waals surface area (Å²) in [7, 11) is 0. The van der Waals surface area contributed by atoms with Gasteiger partial charge in [-0.1, -0.05) is 6.92 Å². The monoisotopic (exact) mass is 231 g/mol. The molecular formula is C12H17N5. The Morgan fingerprint density at radius 2 is 2.12 bits per heavy atom. The van der Waals surface area contributed by atoms with E-state index < -0.39 is 0 Å². The standard InChI is InChI=1S/C12H17N5/c1-4-5-14-11-6-13-7-12(16-11)17-8-15-9(2)10(17)3/h6-8H,4-5H2,1-3H3,(H,14,16). The summed E-state index contributed by atoms with van der Waals surface area (Å²) in [6.07, 6.45) is 6.32. The molecule has 5 heteroatoms. The largest absolute Gasteiger partial charge is 0.369 e. The fourth-order valence-electron chi connectivity index (χ4n) is 1.54. The fraction of sp³-hybridized carbons (Fsp3) is 0.417. The molecule has 0 saturated heterocycles. The van der Waals surface area contributed by atoms with Crippen LogP contribution in [0.3, 0.4) is 0 Å². The molecule has 0 aliphatic rings. The maximum absolute atomic E-state index is 4.50. The predicted molar refractivity (Wildman–Crippen MR) is 67.4 cm³/mol. The number of nitrogens with zero attached hydrogens (tertiary/aromatic N) is 4. The van der Waals surface area contributed by atoms with Gasteiger partial charge in [0.2, 0.25) is 0 Å². The van der Waals surface area contributed by atoms with Crippen LogP contribution in [0, 0.1) is 13.8 Å². The Morgan fingerprint density at radius 3 is 2.76 bits per heavy atom. The smallest absolute Gasteiger partial charge is 0.159 e. The van der Waals surface area contributed by atoms with Crippen molar-refractivity contribution in [1.29, 1.82) is 0 Å². The summed E-state index contributed by atoms with van der Waals surface area (Å²) < 4.78 is 1.94. The molecule has 0 spiro atoms. The molecule has 0 aliphatic carbocycles. The Balaban J connectivity index is 2.30. The Bertz CT molecular complexity index is 503. The molecule has 17 heavy (non-hydrogen) atoms. The highest BCUT2D eigenvalue weighted by Crippen LogP contribution is 2.12. The minimum atomic E-state index is 0.796. The first-order chi connectivity index (χ1) is 8.22. The maximum Gasteiger partial charge on any atom is 0.159 e. The number of rotatable bonds is 4. The molecule has 5 nitrogen and oxygen atoms in total. The third-order valence-electron chi connectivity index (χ3n) is 2.68. The quantitative estimate of drug-likeness (QED) is 0.875. The predicted octanol–water partition coefficient (Wildman–Crippen LogP) is 2.10. The molecule has 0 saturated carbocycles. The average Bonchev–Trinajstić information content (AvgIpc) is 2.68. The lowest BCUT2D eigenvalue weighted by Crippen LogP contribution is -2.06. The summed E-state index contributed by atoms with van der Waals surface area (Å²) >= 11 is 0. The lowest BCUT2D eigenvalue weighted by atomic mass is 10.4. The van der Waals surface area contributed by atoms with E-state index in [-0.39, 0.29) is 0 Å². The van der Waals surface area contributed by atoms with Gasteiger partial charge in [-0.3, -0.25) is 9.55 Å². The van der Waals surface area contributed by atoms with Gasteiger partial charge in [-0.15, -0.1) is 0 Å². The fourth-order valence-corrected chi connectivity index (χ4v) is 1.54. The van der Waals surface area contributed by atoms with E-state index in [0.29, 0.717) is 0 Å². The molecule has 2 aromatic rings. The molecule has 0 aromatic carbocycles. The van der Waals surface area contributed by atoms with Crippen LogP contribution in [0.2, 0.25) is 0 Å². The third kappa shape index (κ3) is 2.43. The van der Waals surface area contributed by atoms with Crippen molar-refractivity contribution in [2.45, 2.75) is 27.2 Å². The molecule has 0 unspecified atom stereocenters. The molecule has 2 rings (SSSR count). The van der Waals surface area contributed by atoms with Crippen LogP contribution in [0.4, 0.5) is 5.82 Å². The van der Waals surface area contributed by atoms with Crippen molar-refractivity contribution >= 4 is 5.82 Å². The van der Waals surface area contributed by atoms with Crippen molar-refractivity contribution < 1.29 is 0 Å². The Hall–Kier alpha value is -1.91. The normalized spacial score (nSPS) is 10.5. The van der Waals surface area contributed by atoms with Crippen molar-refractivity contribution in [3.05, 3.63) is 30.1 Å². The van der Waals surface area contributed by atoms with Crippen LogP contribution in [0.15, 0.2) is 18.7 Å². The van der Waals surface area contributed by atoms with E-state index in [4.69, 9.17) is 0 Å². The van der Waals surface area contributed by atoms with Gasteiger partial charge in [-0.05, 0) is 20.3 Å². The SMILES string of the molecule is CCCNc1cncc(-n2cnc(C)c2C)n1. The molecule has 0 amide bonds. The van der Waals surface area contributed by atoms with Crippen LogP contribution in [-0.2, 0) is 0 Å². The van der Waals surface area contributed by atoms with Crippen molar-refractivity contribution in [1.82, 2.24) is 19.5 Å². The van der Waals surface area contributed by atoms with Crippen LogP contribution in [-0.4, -0.2) is 26.1 Å². The first-order valence-electron chi connectivity index (χ1n) is 5.79. The number of nitrogens with one attached hydrogen (secondary N) is 1. The van der Waals surface area contributed by atoms with Crippen molar-refractivity contribution in [2.24, 2.45) is 0 Å². The zero-order chi connectivity index (χ0) is 12.3. The molecule has 2 aromatic heterocycles. The molecule has 1 N–H and O–H groups in total. The number of aromatic nitrogens is 4. The zero-order valence-electron chi connectivity index (χ0n) is 10.4. The summed E-state index contributed by atoms with van der Waals surface area (Å²) in [5.41, 5.74) is 2.10. The molecule has 2 heterocycles. The topological polar surface area (TPSA) is 55.6 Å². The van der Waals surface area contributed by atoms with Gasteiger partial charge >= 0.3 is 0 Å². The van der Waals surface area contributed by atoms with Gasteiger partial charge in [0.15, 0.2) is 5.82 Å². The lowest BCUT2D eigenvalue weighted by Gasteiger charge is -2.07. The highest BCUT2D eigenvalue weighted by Gasteiger charge is 2.06. The van der Waals surface area contributed by atoms with Gasteiger partial charge in [-0.25, -0.2) is 9.97 Å². The molecule has 90 valence electrons. The van der Waals surface area contributed by atoms with Gasteiger partial charge in [0.05, 0.1) is 18.1 Å². The zero-order valence-corrected chi connectivity index (χ0v) is 10.4. The van der Waals surface area contributed by atoms with E-state index >= 15 is 0 Å². The molecule has 0 atom stereocenters. The minimum Gasteiger partial charge on any atom is -0.369 e. The first-order valence-corrected chi connectivity index (χ1v) is 5.79. The Kier molecular flexibility index (Phi) is 3.37. The summed E-state index contributed by atoms with van der Waals surface area (Å²) in [5.74, 6) is 1.60. The Morgan fingerprint density at radius 1 is 1.29 bits per heavy atom. The number of aryl methyl sites for hydroxylation is 1. The van der Waals surface area contributed by atoms with Crippen molar-refractivity contribution in [2.75, 3.05) is 11.9 Å². The van der Waals surface area contributed by atoms with Crippen LogP contribution in [0.25, 0.3) is 5.82 Å².